The molecule has 0 atom stereocenters. The highest BCUT2D eigenvalue weighted by Gasteiger charge is 2.30. The van der Waals surface area contributed by atoms with Crippen molar-refractivity contribution >= 4 is 28.6 Å². The zero-order valence-corrected chi connectivity index (χ0v) is 15.9. The van der Waals surface area contributed by atoms with E-state index < -0.39 is 0 Å². The molecule has 1 amide bonds. The van der Waals surface area contributed by atoms with Crippen molar-refractivity contribution in [3.8, 4) is 0 Å². The maximum absolute atomic E-state index is 12.9. The Morgan fingerprint density at radius 3 is 2.74 bits per heavy atom. The largest absolute Gasteiger partial charge is 0.383 e. The summed E-state index contributed by atoms with van der Waals surface area (Å²) in [5.74, 6) is 0.536. The van der Waals surface area contributed by atoms with E-state index in [-0.39, 0.29) is 5.91 Å². The van der Waals surface area contributed by atoms with Gasteiger partial charge in [-0.3, -0.25) is 9.89 Å². The summed E-state index contributed by atoms with van der Waals surface area (Å²) in [7, 11) is 0. The van der Waals surface area contributed by atoms with Gasteiger partial charge in [0.25, 0.3) is 5.91 Å². The first-order valence-electron chi connectivity index (χ1n) is 9.28. The Morgan fingerprint density at radius 2 is 2.07 bits per heavy atom. The van der Waals surface area contributed by atoms with Crippen molar-refractivity contribution < 1.29 is 4.79 Å². The second-order valence-electron chi connectivity index (χ2n) is 8.19. The lowest BCUT2D eigenvalue weighted by atomic mass is 9.75. The number of carbonyl (C=O) groups excluding carboxylic acids is 1. The smallest absolute Gasteiger partial charge is 0.259 e. The molecule has 4 N–H and O–H groups in total. The number of fused-ring (bicyclic) bond motifs is 1. The first-order chi connectivity index (χ1) is 12.8. The van der Waals surface area contributed by atoms with Gasteiger partial charge in [0.05, 0.1) is 10.9 Å². The topological polar surface area (TPSA) is 115 Å². The molecule has 3 heterocycles. The van der Waals surface area contributed by atoms with Crippen LogP contribution in [-0.2, 0) is 0 Å². The number of anilines is 2. The number of hydrogen-bond acceptors (Lipinski definition) is 5. The highest BCUT2D eigenvalue weighted by Crippen LogP contribution is 2.41. The third-order valence-electron chi connectivity index (χ3n) is 5.53. The molecule has 3 aromatic rings. The van der Waals surface area contributed by atoms with Gasteiger partial charge >= 0.3 is 0 Å². The molecular formula is C19H25N7O. The van der Waals surface area contributed by atoms with Crippen LogP contribution < -0.4 is 11.1 Å². The van der Waals surface area contributed by atoms with Gasteiger partial charge in [-0.2, -0.15) is 5.10 Å². The van der Waals surface area contributed by atoms with E-state index in [9.17, 15) is 4.79 Å². The standard InChI is InChI=1S/C19H25N7O/c1-11-8-14(25-24-11)23-18(27)13-9-26(12-4-6-19(2,3)7-5-12)17-15(13)16(20)21-10-22-17/h8-10,12H,4-7H2,1-3H3,(H2,20,21,22)(H2,23,24,25,27). The number of nitrogen functional groups attached to an aromatic ring is 1. The van der Waals surface area contributed by atoms with Crippen molar-refractivity contribution in [2.75, 3.05) is 11.1 Å². The predicted molar refractivity (Wildman–Crippen MR) is 105 cm³/mol. The van der Waals surface area contributed by atoms with Crippen LogP contribution in [0.1, 0.15) is 61.6 Å². The molecule has 1 aliphatic rings. The van der Waals surface area contributed by atoms with Gasteiger partial charge in [0.15, 0.2) is 5.82 Å². The third-order valence-corrected chi connectivity index (χ3v) is 5.53. The number of aromatic amines is 1. The Bertz CT molecular complexity index is 991. The molecule has 0 saturated heterocycles. The molecule has 8 heteroatoms. The molecule has 0 unspecified atom stereocenters. The number of hydrogen-bond donors (Lipinski definition) is 3. The summed E-state index contributed by atoms with van der Waals surface area (Å²) in [6, 6.07) is 2.09. The van der Waals surface area contributed by atoms with E-state index in [0.717, 1.165) is 37.0 Å². The molecule has 0 spiro atoms. The Balaban J connectivity index is 1.72. The summed E-state index contributed by atoms with van der Waals surface area (Å²) >= 11 is 0. The zero-order chi connectivity index (χ0) is 19.2. The number of aromatic nitrogens is 5. The minimum Gasteiger partial charge on any atom is -0.383 e. The van der Waals surface area contributed by atoms with Crippen molar-refractivity contribution in [2.24, 2.45) is 5.41 Å². The van der Waals surface area contributed by atoms with E-state index in [1.54, 1.807) is 6.07 Å². The van der Waals surface area contributed by atoms with Gasteiger partial charge in [-0.25, -0.2) is 9.97 Å². The predicted octanol–water partition coefficient (Wildman–Crippen LogP) is 3.44. The van der Waals surface area contributed by atoms with Crippen LogP contribution in [0.5, 0.6) is 0 Å². The molecule has 3 aromatic heterocycles. The van der Waals surface area contributed by atoms with E-state index in [0.29, 0.717) is 34.0 Å². The van der Waals surface area contributed by atoms with Crippen LogP contribution in [0.3, 0.4) is 0 Å². The minimum atomic E-state index is -0.261. The molecule has 8 nitrogen and oxygen atoms in total. The molecule has 142 valence electrons. The summed E-state index contributed by atoms with van der Waals surface area (Å²) in [5.41, 5.74) is 8.55. The van der Waals surface area contributed by atoms with Gasteiger partial charge in [-0.1, -0.05) is 13.8 Å². The number of nitrogens with two attached hydrogens (primary N) is 1. The van der Waals surface area contributed by atoms with Gasteiger partial charge in [-0.15, -0.1) is 0 Å². The normalized spacial score (nSPS) is 17.3. The fraction of sp³-hybridized carbons (Fsp3) is 0.474. The molecule has 0 aromatic carbocycles. The van der Waals surface area contributed by atoms with Crippen LogP contribution >= 0.6 is 0 Å². The minimum absolute atomic E-state index is 0.261. The molecular weight excluding hydrogens is 342 g/mol. The van der Waals surface area contributed by atoms with Gasteiger partial charge in [0.2, 0.25) is 0 Å². The average Bonchev–Trinajstić information content (AvgIpc) is 3.20. The van der Waals surface area contributed by atoms with Gasteiger partial charge in [0, 0.05) is 24.0 Å². The number of H-pyrrole nitrogens is 1. The monoisotopic (exact) mass is 367 g/mol. The quantitative estimate of drug-likeness (QED) is 0.656. The summed E-state index contributed by atoms with van der Waals surface area (Å²) in [4.78, 5) is 21.4. The number of rotatable bonds is 3. The lowest BCUT2D eigenvalue weighted by Gasteiger charge is -2.35. The van der Waals surface area contributed by atoms with Crippen LogP contribution in [0.2, 0.25) is 0 Å². The highest BCUT2D eigenvalue weighted by atomic mass is 16.1. The first-order valence-corrected chi connectivity index (χ1v) is 9.28. The first kappa shape index (κ1) is 17.5. The van der Waals surface area contributed by atoms with E-state index in [2.05, 4.69) is 43.9 Å². The van der Waals surface area contributed by atoms with Crippen molar-refractivity contribution in [3.05, 3.63) is 29.8 Å². The van der Waals surface area contributed by atoms with Gasteiger partial charge in [-0.05, 0) is 38.0 Å². The molecule has 1 saturated carbocycles. The molecule has 4 rings (SSSR count). The number of nitrogens with one attached hydrogen (secondary N) is 2. The SMILES string of the molecule is Cc1cc(NC(=O)c2cn(C3CCC(C)(C)CC3)c3ncnc(N)c23)n[nH]1. The highest BCUT2D eigenvalue weighted by molar-refractivity contribution is 6.14. The van der Waals surface area contributed by atoms with Crippen LogP contribution in [0.15, 0.2) is 18.6 Å². The number of carbonyl (C=O) groups is 1. The molecule has 0 aliphatic heterocycles. The fourth-order valence-corrected chi connectivity index (χ4v) is 3.89. The van der Waals surface area contributed by atoms with Crippen molar-refractivity contribution in [3.63, 3.8) is 0 Å². The second-order valence-corrected chi connectivity index (χ2v) is 8.19. The lowest BCUT2D eigenvalue weighted by Crippen LogP contribution is -2.23. The summed E-state index contributed by atoms with van der Waals surface area (Å²) in [5, 5.41) is 10.3. The maximum atomic E-state index is 12.9. The molecule has 0 radical (unpaired) electrons. The molecule has 27 heavy (non-hydrogen) atoms. The van der Waals surface area contributed by atoms with E-state index >= 15 is 0 Å². The molecule has 1 fully saturated rings. The molecule has 0 bridgehead atoms. The fourth-order valence-electron chi connectivity index (χ4n) is 3.89. The van der Waals surface area contributed by atoms with Gasteiger partial charge < -0.3 is 15.6 Å². The van der Waals surface area contributed by atoms with Crippen molar-refractivity contribution in [1.29, 1.82) is 0 Å². The summed E-state index contributed by atoms with van der Waals surface area (Å²) < 4.78 is 2.10. The third kappa shape index (κ3) is 3.27. The maximum Gasteiger partial charge on any atom is 0.259 e. The van der Waals surface area contributed by atoms with Crippen LogP contribution in [0, 0.1) is 12.3 Å². The summed E-state index contributed by atoms with van der Waals surface area (Å²) in [6.45, 7) is 6.49. The lowest BCUT2D eigenvalue weighted by molar-refractivity contribution is 0.102. The van der Waals surface area contributed by atoms with E-state index in [1.165, 1.54) is 6.33 Å². The van der Waals surface area contributed by atoms with Crippen LogP contribution in [0.4, 0.5) is 11.6 Å². The van der Waals surface area contributed by atoms with E-state index in [1.807, 2.05) is 13.1 Å². The summed E-state index contributed by atoms with van der Waals surface area (Å²) in [6.07, 6.45) is 7.73. The Kier molecular flexibility index (Phi) is 4.13. The Hall–Kier alpha value is -2.90. The Labute approximate surface area is 157 Å². The van der Waals surface area contributed by atoms with E-state index in [4.69, 9.17) is 5.73 Å². The number of amides is 1. The van der Waals surface area contributed by atoms with Gasteiger partial charge in [0.1, 0.15) is 17.8 Å². The van der Waals surface area contributed by atoms with Crippen molar-refractivity contribution in [2.45, 2.75) is 52.5 Å². The Morgan fingerprint density at radius 1 is 1.33 bits per heavy atom. The van der Waals surface area contributed by atoms with Crippen molar-refractivity contribution in [1.82, 2.24) is 24.7 Å². The van der Waals surface area contributed by atoms with Crippen LogP contribution in [0.25, 0.3) is 11.0 Å². The average molecular weight is 367 g/mol. The number of nitrogens with zero attached hydrogens (tertiary/aromatic N) is 4. The van der Waals surface area contributed by atoms with Crippen LogP contribution in [-0.4, -0.2) is 30.6 Å². The molecule has 1 aliphatic carbocycles. The number of aryl methyl sites for hydroxylation is 1. The zero-order valence-electron chi connectivity index (χ0n) is 15.9. The second kappa shape index (κ2) is 6.37.